The summed E-state index contributed by atoms with van der Waals surface area (Å²) in [5.41, 5.74) is 0. The maximum atomic E-state index is 13.3. The zero-order valence-corrected chi connectivity index (χ0v) is 44.8. The van der Waals surface area contributed by atoms with Crippen LogP contribution >= 0.6 is 0 Å². The quantitative estimate of drug-likeness (QED) is 0.0309. The molecule has 3 fully saturated rings. The third kappa shape index (κ3) is 24.6. The van der Waals surface area contributed by atoms with Crippen molar-refractivity contribution in [1.29, 1.82) is 0 Å². The van der Waals surface area contributed by atoms with Gasteiger partial charge < -0.3 is 89.9 Å². The second-order valence-corrected chi connectivity index (χ2v) is 20.0. The Kier molecular flexibility index (Phi) is 35.4. The molecular formula is C56H97NO18. The molecule has 3 saturated heterocycles. The topological polar surface area (TPSA) is 307 Å². The van der Waals surface area contributed by atoms with Crippen LogP contribution in [0.5, 0.6) is 0 Å². The molecule has 12 N–H and O–H groups in total. The van der Waals surface area contributed by atoms with Gasteiger partial charge in [0.25, 0.3) is 0 Å². The van der Waals surface area contributed by atoms with Crippen LogP contribution in [0.3, 0.4) is 0 Å². The van der Waals surface area contributed by atoms with E-state index in [9.17, 15) is 61.0 Å². The zero-order chi connectivity index (χ0) is 54.8. The molecule has 19 nitrogen and oxygen atoms in total. The Morgan fingerprint density at radius 3 is 1.45 bits per heavy atom. The molecule has 0 aromatic heterocycles. The molecule has 0 aliphatic carbocycles. The second-order valence-electron chi connectivity index (χ2n) is 20.0. The number of hydrogen-bond donors (Lipinski definition) is 12. The normalized spacial score (nSPS) is 31.7. The van der Waals surface area contributed by atoms with Crippen LogP contribution in [0.1, 0.15) is 155 Å². The zero-order valence-electron chi connectivity index (χ0n) is 44.8. The van der Waals surface area contributed by atoms with Gasteiger partial charge in [-0.15, -0.1) is 0 Å². The summed E-state index contributed by atoms with van der Waals surface area (Å²) in [6.07, 6.45) is 16.4. The van der Waals surface area contributed by atoms with Crippen LogP contribution in [0.4, 0.5) is 0 Å². The van der Waals surface area contributed by atoms with E-state index in [0.29, 0.717) is 12.8 Å². The van der Waals surface area contributed by atoms with Gasteiger partial charge in [0.05, 0.1) is 38.6 Å². The summed E-state index contributed by atoms with van der Waals surface area (Å²) in [5, 5.41) is 120. The van der Waals surface area contributed by atoms with E-state index in [1.54, 1.807) is 6.08 Å². The largest absolute Gasteiger partial charge is 0.394 e. The molecule has 0 aromatic carbocycles. The molecule has 0 saturated carbocycles. The van der Waals surface area contributed by atoms with Gasteiger partial charge in [-0.25, -0.2) is 0 Å². The fourth-order valence-corrected chi connectivity index (χ4v) is 9.06. The maximum Gasteiger partial charge on any atom is 0.220 e. The monoisotopic (exact) mass is 1070 g/mol. The van der Waals surface area contributed by atoms with Crippen LogP contribution in [0.15, 0.2) is 60.8 Å². The number of ether oxygens (including phenoxy) is 6. The van der Waals surface area contributed by atoms with Crippen molar-refractivity contribution in [2.75, 3.05) is 26.4 Å². The lowest BCUT2D eigenvalue weighted by Gasteiger charge is -2.48. The van der Waals surface area contributed by atoms with E-state index >= 15 is 0 Å². The highest BCUT2D eigenvalue weighted by Gasteiger charge is 2.53. The number of hydrogen-bond acceptors (Lipinski definition) is 18. The number of aliphatic hydroxyl groups excluding tert-OH is 11. The van der Waals surface area contributed by atoms with Gasteiger partial charge in [0, 0.05) is 6.42 Å². The number of nitrogens with one attached hydrogen (secondary N) is 1. The molecular weight excluding hydrogens is 975 g/mol. The molecule has 17 atom stereocenters. The molecule has 75 heavy (non-hydrogen) atoms. The number of allylic oxidation sites excluding steroid dienone is 9. The van der Waals surface area contributed by atoms with Gasteiger partial charge in [0.1, 0.15) is 73.2 Å². The van der Waals surface area contributed by atoms with Gasteiger partial charge in [-0.2, -0.15) is 0 Å². The van der Waals surface area contributed by atoms with Gasteiger partial charge in [0.15, 0.2) is 18.9 Å². The maximum absolute atomic E-state index is 13.3. The van der Waals surface area contributed by atoms with Gasteiger partial charge in [-0.3, -0.25) is 4.79 Å². The number of unbranched alkanes of at least 4 members (excludes halogenated alkanes) is 15. The summed E-state index contributed by atoms with van der Waals surface area (Å²) in [4.78, 5) is 13.3. The van der Waals surface area contributed by atoms with E-state index in [1.165, 1.54) is 38.5 Å². The Balaban J connectivity index is 1.54. The van der Waals surface area contributed by atoms with Crippen molar-refractivity contribution >= 4 is 5.91 Å². The Morgan fingerprint density at radius 1 is 0.480 bits per heavy atom. The lowest BCUT2D eigenvalue weighted by molar-refractivity contribution is -0.379. The van der Waals surface area contributed by atoms with Crippen molar-refractivity contribution < 1.29 is 89.4 Å². The highest BCUT2D eigenvalue weighted by atomic mass is 16.8. The minimum Gasteiger partial charge on any atom is -0.394 e. The first-order chi connectivity index (χ1) is 36.3. The van der Waals surface area contributed by atoms with Crippen molar-refractivity contribution in [1.82, 2.24) is 5.32 Å². The van der Waals surface area contributed by atoms with Gasteiger partial charge in [-0.05, 0) is 70.6 Å². The molecule has 3 rings (SSSR count). The van der Waals surface area contributed by atoms with Crippen molar-refractivity contribution in [2.45, 2.75) is 259 Å². The second kappa shape index (κ2) is 39.8. The molecule has 0 bridgehead atoms. The average molecular weight is 1070 g/mol. The van der Waals surface area contributed by atoms with Crippen molar-refractivity contribution in [3.05, 3.63) is 60.8 Å². The van der Waals surface area contributed by atoms with Crippen molar-refractivity contribution in [2.24, 2.45) is 0 Å². The third-order valence-corrected chi connectivity index (χ3v) is 13.8. The Labute approximate surface area is 445 Å². The lowest BCUT2D eigenvalue weighted by Crippen LogP contribution is -2.66. The molecule has 3 aliphatic heterocycles. The van der Waals surface area contributed by atoms with Crippen LogP contribution < -0.4 is 5.32 Å². The van der Waals surface area contributed by atoms with E-state index in [0.717, 1.165) is 83.5 Å². The van der Waals surface area contributed by atoms with E-state index in [2.05, 4.69) is 67.8 Å². The first-order valence-corrected chi connectivity index (χ1v) is 28.0. The molecule has 434 valence electrons. The van der Waals surface area contributed by atoms with Crippen molar-refractivity contribution in [3.8, 4) is 0 Å². The minimum absolute atomic E-state index is 0.220. The van der Waals surface area contributed by atoms with Crippen LogP contribution in [0, 0.1) is 0 Å². The number of rotatable bonds is 39. The molecule has 3 heterocycles. The summed E-state index contributed by atoms with van der Waals surface area (Å²) < 4.78 is 34.1. The first-order valence-electron chi connectivity index (χ1n) is 28.0. The van der Waals surface area contributed by atoms with Crippen LogP contribution in [0.2, 0.25) is 0 Å². The molecule has 19 heteroatoms. The number of carbonyl (C=O) groups is 1. The molecule has 1 amide bonds. The van der Waals surface area contributed by atoms with Crippen LogP contribution in [-0.2, 0) is 33.2 Å². The smallest absolute Gasteiger partial charge is 0.220 e. The number of aliphatic hydroxyl groups is 11. The van der Waals surface area contributed by atoms with Crippen LogP contribution in [0.25, 0.3) is 0 Å². The molecule has 0 spiro atoms. The molecule has 0 radical (unpaired) electrons. The predicted molar refractivity (Wildman–Crippen MR) is 282 cm³/mol. The summed E-state index contributed by atoms with van der Waals surface area (Å²) in [6, 6.07) is -1.00. The molecule has 17 unspecified atom stereocenters. The average Bonchev–Trinajstić information content (AvgIpc) is 3.41. The summed E-state index contributed by atoms with van der Waals surface area (Å²) in [6.45, 7) is 1.58. The third-order valence-electron chi connectivity index (χ3n) is 13.8. The number of amides is 1. The highest BCUT2D eigenvalue weighted by Crippen LogP contribution is 2.33. The van der Waals surface area contributed by atoms with E-state index in [-0.39, 0.29) is 18.9 Å². The van der Waals surface area contributed by atoms with Gasteiger partial charge in [-0.1, -0.05) is 139 Å². The van der Waals surface area contributed by atoms with E-state index in [1.807, 2.05) is 6.08 Å². The Hall–Kier alpha value is -2.51. The number of carbonyl (C=O) groups excluding carboxylic acids is 1. The lowest BCUT2D eigenvalue weighted by atomic mass is 9.96. The summed E-state index contributed by atoms with van der Waals surface area (Å²) in [5.74, 6) is -0.303. The highest BCUT2D eigenvalue weighted by molar-refractivity contribution is 5.76. The van der Waals surface area contributed by atoms with E-state index in [4.69, 9.17) is 28.4 Å². The molecule has 3 aliphatic rings. The van der Waals surface area contributed by atoms with E-state index < -0.39 is 124 Å². The SMILES string of the molecule is CCCC/C=C/CC/C=C/CC/C=C/C(O)C(COC1OC(CO)C(OC2OC(CO)C(OC3OC(CO)C(O)C(O)C3O)C(O)C2O)C(O)C1O)NC(=O)CCCCCCCCC/C=C\C/C=C\CCCCCC. The minimum atomic E-state index is -1.98. The fourth-order valence-electron chi connectivity index (χ4n) is 9.06. The Morgan fingerprint density at radius 2 is 0.907 bits per heavy atom. The predicted octanol–water partition coefficient (Wildman–Crippen LogP) is 3.70. The standard InChI is InChI=1S/C56H97NO18/c1-3-5-7-9-11-13-15-17-18-19-20-21-22-24-26-28-30-32-34-44(62)57-39(40(61)33-31-29-27-25-23-16-14-12-10-8-6-4-2)38-70-54-50(68)47(65)52(42(36-59)72-54)75-56-51(69)48(66)53(43(37-60)73-56)74-55-49(67)46(64)45(63)41(35-58)71-55/h10,12-13,15,18-19,23,25,31,33,39-43,45-56,58-61,63-69H,3-9,11,14,16-17,20-22,24,26-30,32,34-38H2,1-2H3,(H,57,62)/b12-10+,15-13-,19-18-,25-23+,33-31+. The Bertz CT molecular complexity index is 1610. The van der Waals surface area contributed by atoms with Gasteiger partial charge >= 0.3 is 0 Å². The summed E-state index contributed by atoms with van der Waals surface area (Å²) >= 11 is 0. The summed E-state index contributed by atoms with van der Waals surface area (Å²) in [7, 11) is 0. The fraction of sp³-hybridized carbons (Fsp3) is 0.804. The van der Waals surface area contributed by atoms with Crippen molar-refractivity contribution in [3.63, 3.8) is 0 Å². The molecule has 0 aromatic rings. The van der Waals surface area contributed by atoms with Gasteiger partial charge in [0.2, 0.25) is 5.91 Å². The first kappa shape index (κ1) is 66.8. The van der Waals surface area contributed by atoms with Crippen LogP contribution in [-0.4, -0.2) is 193 Å².